The van der Waals surface area contributed by atoms with Crippen LogP contribution in [0.25, 0.3) is 27.8 Å². The van der Waals surface area contributed by atoms with Crippen LogP contribution in [0, 0.1) is 0 Å². The molecule has 0 fully saturated rings. The van der Waals surface area contributed by atoms with E-state index in [0.717, 1.165) is 22.2 Å². The van der Waals surface area contributed by atoms with Crippen molar-refractivity contribution in [3.8, 4) is 16.8 Å². The van der Waals surface area contributed by atoms with Crippen LogP contribution in [0.5, 0.6) is 0 Å². The van der Waals surface area contributed by atoms with Gasteiger partial charge < -0.3 is 10.3 Å². The monoisotopic (exact) mass is 348 g/mol. The molecule has 0 unspecified atom stereocenters. The second-order valence-electron chi connectivity index (χ2n) is 5.56. The lowest BCUT2D eigenvalue weighted by Crippen LogP contribution is -2.11. The van der Waals surface area contributed by atoms with Crippen molar-refractivity contribution in [3.05, 3.63) is 77.8 Å². The molecule has 25 heavy (non-hydrogen) atoms. The number of carbonyl (C=O) groups excluding carboxylic acids is 1. The molecule has 2 aromatic carbocycles. The van der Waals surface area contributed by atoms with Gasteiger partial charge in [-0.05, 0) is 23.8 Å². The topological polar surface area (TPSA) is 73.8 Å². The van der Waals surface area contributed by atoms with Gasteiger partial charge in [-0.3, -0.25) is 4.79 Å². The first-order valence-corrected chi connectivity index (χ1v) is 8.00. The number of hydrogen-bond acceptors (Lipinski definition) is 3. The number of primary amides is 1. The lowest BCUT2D eigenvalue weighted by atomic mass is 10.1. The predicted molar refractivity (Wildman–Crippen MR) is 97.8 cm³/mol. The maximum Gasteiger partial charge on any atom is 0.248 e. The average molecular weight is 349 g/mol. The molecule has 0 bridgehead atoms. The van der Waals surface area contributed by atoms with Crippen molar-refractivity contribution in [2.75, 3.05) is 0 Å². The van der Waals surface area contributed by atoms with Crippen molar-refractivity contribution in [2.24, 2.45) is 5.73 Å². The maximum absolute atomic E-state index is 11.5. The zero-order chi connectivity index (χ0) is 17.4. The molecule has 1 amide bonds. The van der Waals surface area contributed by atoms with Crippen LogP contribution in [-0.2, 0) is 0 Å². The maximum atomic E-state index is 11.5. The van der Waals surface area contributed by atoms with Gasteiger partial charge in [0, 0.05) is 23.0 Å². The van der Waals surface area contributed by atoms with Crippen molar-refractivity contribution >= 4 is 28.5 Å². The number of aromatic nitrogens is 3. The summed E-state index contributed by atoms with van der Waals surface area (Å²) in [5, 5.41) is 1.15. The summed E-state index contributed by atoms with van der Waals surface area (Å²) >= 11 is 6.36. The first-order chi connectivity index (χ1) is 12.1. The fourth-order valence-corrected chi connectivity index (χ4v) is 3.10. The second-order valence-corrected chi connectivity index (χ2v) is 5.91. The van der Waals surface area contributed by atoms with E-state index in [-0.39, 0.29) is 0 Å². The first kappa shape index (κ1) is 15.4. The van der Waals surface area contributed by atoms with Crippen molar-refractivity contribution in [1.29, 1.82) is 0 Å². The van der Waals surface area contributed by atoms with Gasteiger partial charge in [0.15, 0.2) is 0 Å². The highest BCUT2D eigenvalue weighted by atomic mass is 35.5. The number of nitrogens with two attached hydrogens (primary N) is 1. The van der Waals surface area contributed by atoms with E-state index in [1.54, 1.807) is 18.2 Å². The van der Waals surface area contributed by atoms with Crippen LogP contribution in [0.3, 0.4) is 0 Å². The Balaban J connectivity index is 2.02. The molecule has 4 rings (SSSR count). The van der Waals surface area contributed by atoms with Crippen molar-refractivity contribution in [1.82, 2.24) is 14.5 Å². The number of benzene rings is 2. The lowest BCUT2D eigenvalue weighted by molar-refractivity contribution is 0.100. The first-order valence-electron chi connectivity index (χ1n) is 7.62. The summed E-state index contributed by atoms with van der Waals surface area (Å²) in [6.07, 6.45) is 3.37. The summed E-state index contributed by atoms with van der Waals surface area (Å²) in [7, 11) is 0. The van der Waals surface area contributed by atoms with Crippen LogP contribution < -0.4 is 5.73 Å². The zero-order valence-electron chi connectivity index (χ0n) is 13.1. The van der Waals surface area contributed by atoms with E-state index in [0.29, 0.717) is 16.4 Å². The summed E-state index contributed by atoms with van der Waals surface area (Å²) in [6.45, 7) is 0. The van der Waals surface area contributed by atoms with Crippen LogP contribution in [0.2, 0.25) is 5.15 Å². The van der Waals surface area contributed by atoms with E-state index in [1.807, 2.05) is 47.2 Å². The quantitative estimate of drug-likeness (QED) is 0.572. The van der Waals surface area contributed by atoms with Gasteiger partial charge in [-0.1, -0.05) is 48.0 Å². The Hall–Kier alpha value is -3.18. The van der Waals surface area contributed by atoms with Crippen LogP contribution in [0.4, 0.5) is 0 Å². The Morgan fingerprint density at radius 1 is 1.04 bits per heavy atom. The summed E-state index contributed by atoms with van der Waals surface area (Å²) in [5.41, 5.74) is 9.20. The van der Waals surface area contributed by atoms with E-state index >= 15 is 0 Å². The van der Waals surface area contributed by atoms with E-state index < -0.39 is 5.91 Å². The van der Waals surface area contributed by atoms with Gasteiger partial charge in [-0.2, -0.15) is 0 Å². The largest absolute Gasteiger partial charge is 0.366 e. The molecule has 0 aliphatic rings. The van der Waals surface area contributed by atoms with Gasteiger partial charge in [-0.15, -0.1) is 0 Å². The fourth-order valence-electron chi connectivity index (χ4n) is 2.87. The number of amides is 1. The molecule has 0 aliphatic carbocycles. The number of hydrogen-bond donors (Lipinski definition) is 1. The average Bonchev–Trinajstić information content (AvgIpc) is 3.04. The molecule has 2 aromatic heterocycles. The highest BCUT2D eigenvalue weighted by Crippen LogP contribution is 2.34. The van der Waals surface area contributed by atoms with Gasteiger partial charge in [0.2, 0.25) is 5.91 Å². The van der Waals surface area contributed by atoms with E-state index in [2.05, 4.69) is 9.97 Å². The Kier molecular flexibility index (Phi) is 3.71. The van der Waals surface area contributed by atoms with Gasteiger partial charge in [0.25, 0.3) is 0 Å². The summed E-state index contributed by atoms with van der Waals surface area (Å²) in [6, 6.07) is 17.0. The number of fused-ring (bicyclic) bond motifs is 1. The van der Waals surface area contributed by atoms with Gasteiger partial charge in [0.05, 0.1) is 5.39 Å². The normalized spacial score (nSPS) is 10.9. The highest BCUT2D eigenvalue weighted by molar-refractivity contribution is 6.35. The Labute approximate surface area is 148 Å². The van der Waals surface area contributed by atoms with Gasteiger partial charge in [-0.25, -0.2) is 9.97 Å². The molecule has 4 aromatic rings. The molecule has 0 aliphatic heterocycles. The number of carbonyl (C=O) groups is 1. The molecule has 0 saturated heterocycles. The molecule has 122 valence electrons. The molecule has 2 N–H and O–H groups in total. The molecule has 2 heterocycles. The Morgan fingerprint density at radius 3 is 2.60 bits per heavy atom. The molecular weight excluding hydrogens is 336 g/mol. The Bertz CT molecular complexity index is 1090. The smallest absolute Gasteiger partial charge is 0.248 e. The summed E-state index contributed by atoms with van der Waals surface area (Å²) in [5.74, 6) is -0.478. The lowest BCUT2D eigenvalue weighted by Gasteiger charge is -2.05. The van der Waals surface area contributed by atoms with Gasteiger partial charge in [0.1, 0.15) is 17.1 Å². The van der Waals surface area contributed by atoms with Crippen LogP contribution in [0.15, 0.2) is 67.1 Å². The third-order valence-electron chi connectivity index (χ3n) is 4.03. The van der Waals surface area contributed by atoms with E-state index in [1.165, 1.54) is 6.33 Å². The van der Waals surface area contributed by atoms with Crippen LogP contribution in [-0.4, -0.2) is 20.4 Å². The number of rotatable bonds is 3. The molecule has 0 spiro atoms. The van der Waals surface area contributed by atoms with E-state index in [9.17, 15) is 4.79 Å². The minimum Gasteiger partial charge on any atom is -0.366 e. The predicted octanol–water partition coefficient (Wildman–Crippen LogP) is 3.84. The van der Waals surface area contributed by atoms with Crippen LogP contribution in [0.1, 0.15) is 10.4 Å². The van der Waals surface area contributed by atoms with Crippen molar-refractivity contribution < 1.29 is 4.79 Å². The standard InChI is InChI=1S/C19H13ClN4O/c20-17-16-15(12-5-2-1-3-6-12)10-24(19(16)23-11-22-17)14-8-4-7-13(9-14)18(21)25/h1-11H,(H2,21,25). The molecule has 5 nitrogen and oxygen atoms in total. The third kappa shape index (κ3) is 2.64. The molecule has 6 heteroatoms. The van der Waals surface area contributed by atoms with Crippen molar-refractivity contribution in [2.45, 2.75) is 0 Å². The molecule has 0 radical (unpaired) electrons. The molecule has 0 saturated carbocycles. The summed E-state index contributed by atoms with van der Waals surface area (Å²) < 4.78 is 1.89. The minimum atomic E-state index is -0.478. The SMILES string of the molecule is NC(=O)c1cccc(-n2cc(-c3ccccc3)c3c(Cl)ncnc32)c1. The number of nitrogens with zero attached hydrogens (tertiary/aromatic N) is 3. The van der Waals surface area contributed by atoms with Crippen LogP contribution >= 0.6 is 11.6 Å². The molecule has 0 atom stereocenters. The highest BCUT2D eigenvalue weighted by Gasteiger charge is 2.16. The van der Waals surface area contributed by atoms with Crippen molar-refractivity contribution in [3.63, 3.8) is 0 Å². The zero-order valence-corrected chi connectivity index (χ0v) is 13.8. The third-order valence-corrected chi connectivity index (χ3v) is 4.32. The van der Waals surface area contributed by atoms with E-state index in [4.69, 9.17) is 17.3 Å². The van der Waals surface area contributed by atoms with Gasteiger partial charge >= 0.3 is 0 Å². The summed E-state index contributed by atoms with van der Waals surface area (Å²) in [4.78, 5) is 20.0. The molecular formula is C19H13ClN4O. The fraction of sp³-hybridized carbons (Fsp3) is 0. The number of halogens is 1. The second kappa shape index (κ2) is 6.03. The minimum absolute atomic E-state index is 0.383. The Morgan fingerprint density at radius 2 is 1.84 bits per heavy atom.